The van der Waals surface area contributed by atoms with E-state index in [0.29, 0.717) is 0 Å². The molecule has 0 bridgehead atoms. The summed E-state index contributed by atoms with van der Waals surface area (Å²) in [5.41, 5.74) is 2.46. The summed E-state index contributed by atoms with van der Waals surface area (Å²) in [6.45, 7) is 7.32. The minimum absolute atomic E-state index is 0.752. The van der Waals surface area contributed by atoms with E-state index < -0.39 is 0 Å². The normalized spacial score (nSPS) is 22.9. The van der Waals surface area contributed by atoms with Crippen LogP contribution in [0, 0.1) is 0 Å². The summed E-state index contributed by atoms with van der Waals surface area (Å²) in [5.74, 6) is 0.752. The van der Waals surface area contributed by atoms with Crippen molar-refractivity contribution in [3.05, 3.63) is 35.6 Å². The van der Waals surface area contributed by atoms with E-state index in [0.717, 1.165) is 24.4 Å². The molecule has 1 rings (SSSR count). The van der Waals surface area contributed by atoms with Crippen LogP contribution in [0.5, 0.6) is 0 Å². The number of hydrogen-bond donors (Lipinski definition) is 1. The first kappa shape index (κ1) is 11.4. The molecule has 0 aromatic heterocycles. The molecule has 3 heteroatoms. The van der Waals surface area contributed by atoms with Gasteiger partial charge in [-0.2, -0.15) is 5.10 Å². The van der Waals surface area contributed by atoms with Crippen LogP contribution in [0.15, 0.2) is 45.8 Å². The minimum atomic E-state index is 0.752. The second-order valence-electron chi connectivity index (χ2n) is 3.50. The van der Waals surface area contributed by atoms with Crippen molar-refractivity contribution in [1.82, 2.24) is 5.32 Å². The van der Waals surface area contributed by atoms with Gasteiger partial charge in [0.05, 0.1) is 0 Å². The van der Waals surface area contributed by atoms with Gasteiger partial charge in [0.2, 0.25) is 0 Å². The lowest BCUT2D eigenvalue weighted by atomic mass is 10.1. The molecule has 80 valence electrons. The average Bonchev–Trinajstić information content (AvgIpc) is 2.14. The van der Waals surface area contributed by atoms with Crippen LogP contribution in [-0.2, 0) is 0 Å². The quantitative estimate of drug-likeness (QED) is 0.318. The summed E-state index contributed by atoms with van der Waals surface area (Å²) in [5, 5.41) is 10.4. The van der Waals surface area contributed by atoms with Crippen LogP contribution < -0.4 is 5.32 Å². The number of allylic oxidation sites excluding steroid dienone is 5. The van der Waals surface area contributed by atoms with Gasteiger partial charge < -0.3 is 5.32 Å². The van der Waals surface area contributed by atoms with E-state index >= 15 is 0 Å². The fourth-order valence-electron chi connectivity index (χ4n) is 1.34. The van der Waals surface area contributed by atoms with Crippen molar-refractivity contribution in [2.75, 3.05) is 0 Å². The van der Waals surface area contributed by atoms with Crippen LogP contribution in [-0.4, -0.2) is 12.6 Å². The second-order valence-corrected chi connectivity index (χ2v) is 3.50. The van der Waals surface area contributed by atoms with Crippen molar-refractivity contribution in [2.24, 2.45) is 10.2 Å². The summed E-state index contributed by atoms with van der Waals surface area (Å²) in [6.07, 6.45) is 10.5. The zero-order valence-electron chi connectivity index (χ0n) is 9.33. The summed E-state index contributed by atoms with van der Waals surface area (Å²) in [4.78, 5) is 0. The minimum Gasteiger partial charge on any atom is -0.343 e. The number of nitrogens with zero attached hydrogens (tertiary/aromatic N) is 2. The predicted molar refractivity (Wildman–Crippen MR) is 66.0 cm³/mol. The van der Waals surface area contributed by atoms with Gasteiger partial charge in [-0.25, -0.2) is 0 Å². The van der Waals surface area contributed by atoms with E-state index in [1.165, 1.54) is 5.57 Å². The molecule has 0 amide bonds. The summed E-state index contributed by atoms with van der Waals surface area (Å²) in [6, 6.07) is 0. The summed E-state index contributed by atoms with van der Waals surface area (Å²) in [7, 11) is 0. The molecule has 0 spiro atoms. The first-order valence-corrected chi connectivity index (χ1v) is 5.02. The molecule has 1 aliphatic rings. The summed E-state index contributed by atoms with van der Waals surface area (Å²) < 4.78 is 0. The van der Waals surface area contributed by atoms with Crippen LogP contribution in [0.2, 0.25) is 0 Å². The van der Waals surface area contributed by atoms with Gasteiger partial charge >= 0.3 is 0 Å². The molecule has 0 unspecified atom stereocenters. The van der Waals surface area contributed by atoms with Crippen molar-refractivity contribution in [2.45, 2.75) is 26.7 Å². The van der Waals surface area contributed by atoms with Crippen molar-refractivity contribution < 1.29 is 0 Å². The maximum absolute atomic E-state index is 3.82. The van der Waals surface area contributed by atoms with Crippen LogP contribution in [0.3, 0.4) is 0 Å². The van der Waals surface area contributed by atoms with Gasteiger partial charge in [0.1, 0.15) is 5.84 Å². The Morgan fingerprint density at radius 2 is 2.27 bits per heavy atom. The molecule has 0 atom stereocenters. The van der Waals surface area contributed by atoms with Gasteiger partial charge in [-0.15, -0.1) is 5.10 Å². The maximum atomic E-state index is 3.82. The van der Waals surface area contributed by atoms with Gasteiger partial charge in [0.25, 0.3) is 0 Å². The molecule has 1 aliphatic carbocycles. The highest BCUT2D eigenvalue weighted by atomic mass is 15.2. The Morgan fingerprint density at radius 3 is 3.00 bits per heavy atom. The van der Waals surface area contributed by atoms with Gasteiger partial charge in [-0.3, -0.25) is 0 Å². The molecule has 0 saturated heterocycles. The number of amidine groups is 1. The third-order valence-corrected chi connectivity index (χ3v) is 2.09. The molecular weight excluding hydrogens is 186 g/mol. The molecular formula is C12H17N3. The van der Waals surface area contributed by atoms with E-state index in [-0.39, 0.29) is 0 Å². The first-order valence-electron chi connectivity index (χ1n) is 5.02. The van der Waals surface area contributed by atoms with Crippen molar-refractivity contribution in [3.8, 4) is 0 Å². The fourth-order valence-corrected chi connectivity index (χ4v) is 1.34. The van der Waals surface area contributed by atoms with Crippen molar-refractivity contribution in [3.63, 3.8) is 0 Å². The lowest BCUT2D eigenvalue weighted by Gasteiger charge is -2.07. The summed E-state index contributed by atoms with van der Waals surface area (Å²) >= 11 is 0. The van der Waals surface area contributed by atoms with E-state index in [1.807, 2.05) is 6.92 Å². The van der Waals surface area contributed by atoms with Crippen LogP contribution in [0.1, 0.15) is 26.7 Å². The van der Waals surface area contributed by atoms with Gasteiger partial charge in [-0.05, 0) is 32.8 Å². The number of hydrogen-bond acceptors (Lipinski definition) is 2. The Morgan fingerprint density at radius 1 is 1.47 bits per heavy atom. The molecule has 3 nitrogen and oxygen atoms in total. The Balaban J connectivity index is 2.66. The molecule has 0 fully saturated rings. The fraction of sp³-hybridized carbons (Fsp3) is 0.333. The second kappa shape index (κ2) is 5.96. The van der Waals surface area contributed by atoms with Crippen LogP contribution in [0.25, 0.3) is 0 Å². The van der Waals surface area contributed by atoms with Crippen molar-refractivity contribution in [1.29, 1.82) is 0 Å². The van der Waals surface area contributed by atoms with Crippen molar-refractivity contribution >= 4 is 12.6 Å². The molecule has 0 heterocycles. The highest BCUT2D eigenvalue weighted by Gasteiger charge is 1.96. The molecule has 1 N–H and O–H groups in total. The number of rotatable bonds is 2. The first-order chi connectivity index (χ1) is 7.22. The monoisotopic (exact) mass is 203 g/mol. The Labute approximate surface area is 91.0 Å². The topological polar surface area (TPSA) is 36.8 Å². The van der Waals surface area contributed by atoms with E-state index in [1.54, 1.807) is 0 Å². The molecule has 0 aromatic carbocycles. The standard InChI is InChI=1S/C12H17N3/c1-10-6-4-8-12(9-5-7-10)14-11(2)15-13-3/h4,7-9H,3,5-6H2,1-2H3,(H,14,15)/b8-4-,10-7-,12-9?. The zero-order chi connectivity index (χ0) is 11.1. The van der Waals surface area contributed by atoms with Crippen LogP contribution in [0.4, 0.5) is 0 Å². The van der Waals surface area contributed by atoms with Gasteiger partial charge in [-0.1, -0.05) is 23.8 Å². The molecule has 0 saturated carbocycles. The highest BCUT2D eigenvalue weighted by Crippen LogP contribution is 2.09. The van der Waals surface area contributed by atoms with Gasteiger partial charge in [0.15, 0.2) is 0 Å². The Hall–Kier alpha value is -1.64. The third-order valence-electron chi connectivity index (χ3n) is 2.09. The predicted octanol–water partition coefficient (Wildman–Crippen LogP) is 2.79. The molecule has 15 heavy (non-hydrogen) atoms. The lowest BCUT2D eigenvalue weighted by molar-refractivity contribution is 1.07. The average molecular weight is 203 g/mol. The maximum Gasteiger partial charge on any atom is 0.126 e. The highest BCUT2D eigenvalue weighted by molar-refractivity contribution is 5.81. The molecule has 0 aromatic rings. The van der Waals surface area contributed by atoms with E-state index in [9.17, 15) is 0 Å². The van der Waals surface area contributed by atoms with E-state index in [2.05, 4.69) is 53.5 Å². The van der Waals surface area contributed by atoms with Crippen LogP contribution >= 0.6 is 0 Å². The lowest BCUT2D eigenvalue weighted by Crippen LogP contribution is -2.18. The number of nitrogens with one attached hydrogen (secondary N) is 1. The molecule has 0 aliphatic heterocycles. The Kier molecular flexibility index (Phi) is 4.54. The smallest absolute Gasteiger partial charge is 0.126 e. The van der Waals surface area contributed by atoms with E-state index in [4.69, 9.17) is 0 Å². The zero-order valence-corrected chi connectivity index (χ0v) is 9.33. The van der Waals surface area contributed by atoms with Gasteiger partial charge in [0, 0.05) is 12.4 Å². The molecule has 0 radical (unpaired) electrons. The largest absolute Gasteiger partial charge is 0.343 e. The Bertz CT molecular complexity index is 346. The SMILES string of the molecule is C=N/N=C(\C)NC1=CC/C=C(/C)C/C=C\1. The third kappa shape index (κ3) is 4.40.